The predicted octanol–water partition coefficient (Wildman–Crippen LogP) is 0.410. The Hall–Kier alpha value is -0.160. The van der Waals surface area contributed by atoms with Gasteiger partial charge in [-0.25, -0.2) is 0 Å². The third kappa shape index (κ3) is 10.7. The van der Waals surface area contributed by atoms with E-state index in [1.165, 1.54) is 0 Å². The molecule has 0 rings (SSSR count). The molecule has 0 aromatic heterocycles. The highest BCUT2D eigenvalue weighted by Crippen LogP contribution is 1.90. The third-order valence-electron chi connectivity index (χ3n) is 3.12. The van der Waals surface area contributed by atoms with Gasteiger partial charge in [0.2, 0.25) is 0 Å². The average Bonchev–Trinajstić information content (AvgIpc) is 2.25. The molecule has 4 nitrogen and oxygen atoms in total. The zero-order valence-electron chi connectivity index (χ0n) is 12.7. The molecular weight excluding hydrogens is 212 g/mol. The Kier molecular flexibility index (Phi) is 9.74. The number of rotatable bonds is 10. The maximum Gasteiger partial charge on any atom is 0.0107 e. The number of likely N-dealkylation sites (N-methyl/N-ethyl adjacent to an activating group) is 3. The van der Waals surface area contributed by atoms with Gasteiger partial charge in [0.1, 0.15) is 0 Å². The van der Waals surface area contributed by atoms with Gasteiger partial charge in [-0.05, 0) is 42.0 Å². The highest BCUT2D eigenvalue weighted by atomic mass is 15.2. The molecule has 104 valence electrons. The summed E-state index contributed by atoms with van der Waals surface area (Å²) in [5.41, 5.74) is 0. The van der Waals surface area contributed by atoms with Crippen LogP contribution in [0.2, 0.25) is 0 Å². The van der Waals surface area contributed by atoms with Crippen molar-refractivity contribution in [3.63, 3.8) is 0 Å². The van der Waals surface area contributed by atoms with Crippen LogP contribution in [0, 0.1) is 0 Å². The van der Waals surface area contributed by atoms with Gasteiger partial charge in [-0.2, -0.15) is 0 Å². The molecule has 4 heteroatoms. The number of nitrogens with zero attached hydrogens (tertiary/aromatic N) is 3. The van der Waals surface area contributed by atoms with Crippen LogP contribution < -0.4 is 5.32 Å². The van der Waals surface area contributed by atoms with E-state index in [-0.39, 0.29) is 0 Å². The Bertz CT molecular complexity index is 171. The first-order valence-corrected chi connectivity index (χ1v) is 6.67. The van der Waals surface area contributed by atoms with E-state index in [2.05, 4.69) is 62.1 Å². The van der Waals surface area contributed by atoms with Crippen molar-refractivity contribution in [2.24, 2.45) is 0 Å². The summed E-state index contributed by atoms with van der Waals surface area (Å²) in [6.07, 6.45) is 0. The molecule has 0 bridgehead atoms. The molecular formula is C13H32N4. The van der Waals surface area contributed by atoms with Crippen LogP contribution in [0.25, 0.3) is 0 Å². The van der Waals surface area contributed by atoms with Crippen molar-refractivity contribution in [3.05, 3.63) is 0 Å². The molecule has 0 saturated heterocycles. The van der Waals surface area contributed by atoms with E-state index < -0.39 is 0 Å². The second-order valence-corrected chi connectivity index (χ2v) is 5.43. The second kappa shape index (κ2) is 9.83. The van der Waals surface area contributed by atoms with E-state index in [4.69, 9.17) is 0 Å². The van der Waals surface area contributed by atoms with E-state index in [0.29, 0.717) is 6.04 Å². The quantitative estimate of drug-likeness (QED) is 0.562. The molecule has 0 aromatic rings. The van der Waals surface area contributed by atoms with Crippen LogP contribution in [0.5, 0.6) is 0 Å². The third-order valence-corrected chi connectivity index (χ3v) is 3.12. The van der Waals surface area contributed by atoms with E-state index in [9.17, 15) is 0 Å². The Morgan fingerprint density at radius 1 is 0.824 bits per heavy atom. The van der Waals surface area contributed by atoms with Gasteiger partial charge in [-0.15, -0.1) is 0 Å². The van der Waals surface area contributed by atoms with Gasteiger partial charge < -0.3 is 20.0 Å². The van der Waals surface area contributed by atoms with Gasteiger partial charge in [0, 0.05) is 45.3 Å². The van der Waals surface area contributed by atoms with Gasteiger partial charge in [-0.3, -0.25) is 0 Å². The molecule has 0 aliphatic heterocycles. The van der Waals surface area contributed by atoms with Gasteiger partial charge >= 0.3 is 0 Å². The second-order valence-electron chi connectivity index (χ2n) is 5.43. The van der Waals surface area contributed by atoms with Gasteiger partial charge in [0.05, 0.1) is 0 Å². The summed E-state index contributed by atoms with van der Waals surface area (Å²) < 4.78 is 0. The smallest absolute Gasteiger partial charge is 0.0107 e. The molecule has 0 unspecified atom stereocenters. The molecule has 0 aliphatic carbocycles. The maximum atomic E-state index is 3.49. The average molecular weight is 244 g/mol. The molecule has 0 atom stereocenters. The van der Waals surface area contributed by atoms with Gasteiger partial charge in [-0.1, -0.05) is 0 Å². The van der Waals surface area contributed by atoms with Crippen molar-refractivity contribution in [1.29, 1.82) is 0 Å². The van der Waals surface area contributed by atoms with Crippen molar-refractivity contribution < 1.29 is 0 Å². The molecule has 0 aliphatic rings. The van der Waals surface area contributed by atoms with E-state index >= 15 is 0 Å². The number of hydrogen-bond acceptors (Lipinski definition) is 4. The van der Waals surface area contributed by atoms with Crippen LogP contribution in [0.4, 0.5) is 0 Å². The van der Waals surface area contributed by atoms with Crippen molar-refractivity contribution >= 4 is 0 Å². The molecule has 1 N–H and O–H groups in total. The van der Waals surface area contributed by atoms with Crippen LogP contribution in [0.3, 0.4) is 0 Å². The lowest BCUT2D eigenvalue weighted by Gasteiger charge is -2.22. The van der Waals surface area contributed by atoms with Crippen molar-refractivity contribution in [1.82, 2.24) is 20.0 Å². The molecule has 17 heavy (non-hydrogen) atoms. The monoisotopic (exact) mass is 244 g/mol. The fourth-order valence-corrected chi connectivity index (χ4v) is 1.39. The molecule has 0 heterocycles. The molecule has 0 radical (unpaired) electrons. The summed E-state index contributed by atoms with van der Waals surface area (Å²) in [7, 11) is 8.60. The zero-order valence-corrected chi connectivity index (χ0v) is 12.7. The predicted molar refractivity (Wildman–Crippen MR) is 76.7 cm³/mol. The van der Waals surface area contributed by atoms with Gasteiger partial charge in [0.15, 0.2) is 0 Å². The summed E-state index contributed by atoms with van der Waals surface area (Å²) in [4.78, 5) is 6.96. The van der Waals surface area contributed by atoms with Crippen molar-refractivity contribution in [3.8, 4) is 0 Å². The summed E-state index contributed by atoms with van der Waals surface area (Å²) in [6, 6.07) is 0.638. The topological polar surface area (TPSA) is 21.8 Å². The first-order chi connectivity index (χ1) is 7.93. The molecule has 0 spiro atoms. The molecule has 0 fully saturated rings. The first-order valence-electron chi connectivity index (χ1n) is 6.67. The minimum atomic E-state index is 0.638. The Labute approximate surface area is 108 Å². The SMILES string of the molecule is CC(C)N(C)CCNCCN(C)CCN(C)C. The minimum Gasteiger partial charge on any atom is -0.314 e. The lowest BCUT2D eigenvalue weighted by Crippen LogP contribution is -2.37. The molecule has 0 amide bonds. The lowest BCUT2D eigenvalue weighted by atomic mass is 10.3. The standard InChI is InChI=1S/C13H32N4/c1-13(2)17(6)10-8-14-7-9-16(5)12-11-15(3)4/h13-14H,7-12H2,1-6H3. The summed E-state index contributed by atoms with van der Waals surface area (Å²) in [5, 5.41) is 3.49. The largest absolute Gasteiger partial charge is 0.314 e. The highest BCUT2D eigenvalue weighted by molar-refractivity contribution is 4.61. The normalized spacial score (nSPS) is 12.4. The number of hydrogen-bond donors (Lipinski definition) is 1. The Morgan fingerprint density at radius 2 is 1.41 bits per heavy atom. The van der Waals surface area contributed by atoms with Crippen LogP contribution >= 0.6 is 0 Å². The maximum absolute atomic E-state index is 3.49. The fraction of sp³-hybridized carbons (Fsp3) is 1.00. The van der Waals surface area contributed by atoms with Gasteiger partial charge in [0.25, 0.3) is 0 Å². The number of nitrogens with one attached hydrogen (secondary N) is 1. The van der Waals surface area contributed by atoms with E-state index in [0.717, 1.165) is 39.3 Å². The Balaban J connectivity index is 3.33. The minimum absolute atomic E-state index is 0.638. The van der Waals surface area contributed by atoms with Crippen LogP contribution in [0.1, 0.15) is 13.8 Å². The first kappa shape index (κ1) is 16.8. The fourth-order valence-electron chi connectivity index (χ4n) is 1.39. The van der Waals surface area contributed by atoms with E-state index in [1.807, 2.05) is 0 Å². The lowest BCUT2D eigenvalue weighted by molar-refractivity contribution is 0.262. The van der Waals surface area contributed by atoms with E-state index in [1.54, 1.807) is 0 Å². The summed E-state index contributed by atoms with van der Waals surface area (Å²) in [5.74, 6) is 0. The van der Waals surface area contributed by atoms with Crippen LogP contribution in [-0.2, 0) is 0 Å². The van der Waals surface area contributed by atoms with Crippen LogP contribution in [0.15, 0.2) is 0 Å². The molecule has 0 saturated carbocycles. The van der Waals surface area contributed by atoms with Crippen LogP contribution in [-0.4, -0.2) is 88.2 Å². The summed E-state index contributed by atoms with van der Waals surface area (Å²) >= 11 is 0. The van der Waals surface area contributed by atoms with Crippen molar-refractivity contribution in [2.75, 3.05) is 67.5 Å². The zero-order chi connectivity index (χ0) is 13.3. The Morgan fingerprint density at radius 3 is 1.94 bits per heavy atom. The van der Waals surface area contributed by atoms with Crippen molar-refractivity contribution in [2.45, 2.75) is 19.9 Å². The highest BCUT2D eigenvalue weighted by Gasteiger charge is 2.02. The summed E-state index contributed by atoms with van der Waals surface area (Å²) in [6.45, 7) is 11.1. The molecule has 0 aromatic carbocycles.